The fourth-order valence-electron chi connectivity index (χ4n) is 1.80. The van der Waals surface area contributed by atoms with Gasteiger partial charge in [-0.05, 0) is 19.1 Å². The number of likely N-dealkylation sites (N-methyl/N-ethyl adjacent to an activating group) is 1. The molecule has 1 saturated heterocycles. The van der Waals surface area contributed by atoms with Gasteiger partial charge in [-0.2, -0.15) is 8.42 Å². The van der Waals surface area contributed by atoms with Gasteiger partial charge in [0.25, 0.3) is 10.1 Å². The van der Waals surface area contributed by atoms with Crippen LogP contribution in [0.2, 0.25) is 0 Å². The first-order chi connectivity index (χ1) is 9.40. The van der Waals surface area contributed by atoms with Crippen LogP contribution in [0.4, 0.5) is 0 Å². The highest BCUT2D eigenvalue weighted by Crippen LogP contribution is 2.15. The largest absolute Gasteiger partial charge is 0.369 e. The predicted octanol–water partition coefficient (Wildman–Crippen LogP) is 0.558. The molecule has 20 heavy (non-hydrogen) atoms. The maximum Gasteiger partial charge on any atom is 0.297 e. The zero-order valence-electron chi connectivity index (χ0n) is 11.4. The second-order valence-corrected chi connectivity index (χ2v) is 6.34. The molecule has 6 nitrogen and oxygen atoms in total. The Morgan fingerprint density at radius 3 is 2.65 bits per heavy atom. The normalized spacial score (nSPS) is 20.2. The molecule has 1 amide bonds. The smallest absolute Gasteiger partial charge is 0.297 e. The van der Waals surface area contributed by atoms with Gasteiger partial charge in [-0.25, -0.2) is 0 Å². The van der Waals surface area contributed by atoms with E-state index in [1.54, 1.807) is 19.2 Å². The first-order valence-electron chi connectivity index (χ1n) is 6.19. The highest BCUT2D eigenvalue weighted by atomic mass is 32.2. The zero-order chi connectivity index (χ0) is 14.8. The lowest BCUT2D eigenvalue weighted by atomic mass is 10.2. The molecule has 110 valence electrons. The third-order valence-corrected chi connectivity index (χ3v) is 4.50. The molecule has 0 unspecified atom stereocenters. The van der Waals surface area contributed by atoms with Crippen molar-refractivity contribution in [3.05, 3.63) is 29.8 Å². The van der Waals surface area contributed by atoms with Crippen molar-refractivity contribution in [2.45, 2.75) is 17.9 Å². The van der Waals surface area contributed by atoms with E-state index < -0.39 is 16.2 Å². The third-order valence-electron chi connectivity index (χ3n) is 3.20. The molecule has 0 bridgehead atoms. The monoisotopic (exact) mass is 299 g/mol. The van der Waals surface area contributed by atoms with Crippen molar-refractivity contribution in [2.24, 2.45) is 0 Å². The Hall–Kier alpha value is -1.44. The number of hydrogen-bond donors (Lipinski definition) is 0. The number of amides is 1. The molecule has 0 N–H and O–H groups in total. The number of carbonyl (C=O) groups excluding carboxylic acids is 1. The van der Waals surface area contributed by atoms with Crippen LogP contribution in [-0.4, -0.2) is 52.1 Å². The lowest BCUT2D eigenvalue weighted by molar-refractivity contribution is -0.147. The van der Waals surface area contributed by atoms with E-state index in [1.165, 1.54) is 17.0 Å². The van der Waals surface area contributed by atoms with E-state index in [9.17, 15) is 13.2 Å². The highest BCUT2D eigenvalue weighted by molar-refractivity contribution is 7.86. The minimum absolute atomic E-state index is 0.0255. The van der Waals surface area contributed by atoms with Crippen molar-refractivity contribution < 1.29 is 22.1 Å². The summed E-state index contributed by atoms with van der Waals surface area (Å²) in [5.74, 6) is -0.183. The summed E-state index contributed by atoms with van der Waals surface area (Å²) in [5, 5.41) is 0. The Balaban J connectivity index is 2.02. The summed E-state index contributed by atoms with van der Waals surface area (Å²) in [6.45, 7) is 2.05. The first-order valence-corrected chi connectivity index (χ1v) is 7.60. The van der Waals surface area contributed by atoms with Gasteiger partial charge in [0.15, 0.2) is 0 Å². The van der Waals surface area contributed by atoms with E-state index in [1.807, 2.05) is 6.92 Å². The van der Waals surface area contributed by atoms with Crippen molar-refractivity contribution in [1.82, 2.24) is 4.90 Å². The molecule has 7 heteroatoms. The van der Waals surface area contributed by atoms with E-state index >= 15 is 0 Å². The molecule has 1 fully saturated rings. The SMILES string of the molecule is Cc1ccc(S(=O)(=O)OC[C@@H]2COCC(=O)N2C)cc1. The number of hydrogen-bond acceptors (Lipinski definition) is 5. The zero-order valence-corrected chi connectivity index (χ0v) is 12.2. The van der Waals surface area contributed by atoms with Gasteiger partial charge in [0.05, 0.1) is 24.2 Å². The quantitative estimate of drug-likeness (QED) is 0.760. The summed E-state index contributed by atoms with van der Waals surface area (Å²) in [6.07, 6.45) is 0. The van der Waals surface area contributed by atoms with Crippen LogP contribution in [0.5, 0.6) is 0 Å². The fraction of sp³-hybridized carbons (Fsp3) is 0.462. The first kappa shape index (κ1) is 15.0. The van der Waals surface area contributed by atoms with Crippen LogP contribution in [0.1, 0.15) is 5.56 Å². The average molecular weight is 299 g/mol. The molecule has 1 aliphatic heterocycles. The second kappa shape index (κ2) is 5.90. The van der Waals surface area contributed by atoms with Gasteiger partial charge in [-0.3, -0.25) is 8.98 Å². The van der Waals surface area contributed by atoms with E-state index in [4.69, 9.17) is 8.92 Å². The number of morpholine rings is 1. The molecular weight excluding hydrogens is 282 g/mol. The molecule has 2 rings (SSSR count). The number of rotatable bonds is 4. The predicted molar refractivity (Wildman–Crippen MR) is 71.7 cm³/mol. The number of carbonyl (C=O) groups is 1. The van der Waals surface area contributed by atoms with E-state index in [2.05, 4.69) is 0 Å². The minimum Gasteiger partial charge on any atom is -0.369 e. The molecule has 0 saturated carbocycles. The Morgan fingerprint density at radius 2 is 2.00 bits per heavy atom. The molecule has 1 aliphatic rings. The highest BCUT2D eigenvalue weighted by Gasteiger charge is 2.27. The summed E-state index contributed by atoms with van der Waals surface area (Å²) < 4.78 is 34.1. The van der Waals surface area contributed by atoms with Crippen molar-refractivity contribution in [2.75, 3.05) is 26.9 Å². The number of nitrogens with zero attached hydrogens (tertiary/aromatic N) is 1. The van der Waals surface area contributed by atoms with E-state index in [-0.39, 0.29) is 30.6 Å². The van der Waals surface area contributed by atoms with Crippen LogP contribution in [0.3, 0.4) is 0 Å². The summed E-state index contributed by atoms with van der Waals surface area (Å²) >= 11 is 0. The Kier molecular flexibility index (Phi) is 4.42. The van der Waals surface area contributed by atoms with Crippen LogP contribution in [-0.2, 0) is 23.8 Å². The molecule has 0 radical (unpaired) electrons. The Labute approximate surface area is 118 Å². The lowest BCUT2D eigenvalue weighted by Crippen LogP contribution is -2.49. The molecule has 1 aromatic rings. The number of aryl methyl sites for hydroxylation is 1. The summed E-state index contributed by atoms with van der Waals surface area (Å²) in [5.41, 5.74) is 0.968. The van der Waals surface area contributed by atoms with Crippen LogP contribution in [0.25, 0.3) is 0 Å². The van der Waals surface area contributed by atoms with Gasteiger partial charge < -0.3 is 9.64 Å². The van der Waals surface area contributed by atoms with Crippen molar-refractivity contribution >= 4 is 16.0 Å². The molecule has 0 aliphatic carbocycles. The summed E-state index contributed by atoms with van der Waals surface area (Å²) in [4.78, 5) is 13.0. The number of benzene rings is 1. The average Bonchev–Trinajstić information content (AvgIpc) is 2.41. The molecule has 1 atom stereocenters. The van der Waals surface area contributed by atoms with Gasteiger partial charge in [-0.1, -0.05) is 17.7 Å². The van der Waals surface area contributed by atoms with Crippen LogP contribution in [0, 0.1) is 6.92 Å². The van der Waals surface area contributed by atoms with Crippen LogP contribution < -0.4 is 0 Å². The number of ether oxygens (including phenoxy) is 1. The maximum absolute atomic E-state index is 12.0. The Bertz CT molecular complexity index is 581. The molecule has 1 heterocycles. The molecule has 0 spiro atoms. The fourth-order valence-corrected chi connectivity index (χ4v) is 2.74. The third kappa shape index (κ3) is 3.36. The van der Waals surface area contributed by atoms with Crippen molar-refractivity contribution in [1.29, 1.82) is 0 Å². The maximum atomic E-state index is 12.0. The summed E-state index contributed by atoms with van der Waals surface area (Å²) in [6, 6.07) is 6.01. The summed E-state index contributed by atoms with van der Waals surface area (Å²) in [7, 11) is -2.20. The standard InChI is InChI=1S/C13H17NO5S/c1-10-3-5-12(6-4-10)20(16,17)19-8-11-7-18-9-13(15)14(11)2/h3-6,11H,7-9H2,1-2H3/t11-/m0/s1. The topological polar surface area (TPSA) is 72.9 Å². The van der Waals surface area contributed by atoms with Crippen molar-refractivity contribution in [3.63, 3.8) is 0 Å². The molecular formula is C13H17NO5S. The Morgan fingerprint density at radius 1 is 1.35 bits per heavy atom. The van der Waals surface area contributed by atoms with Gasteiger partial charge in [0.2, 0.25) is 5.91 Å². The van der Waals surface area contributed by atoms with Gasteiger partial charge in [0.1, 0.15) is 6.61 Å². The van der Waals surface area contributed by atoms with E-state index in [0.29, 0.717) is 0 Å². The van der Waals surface area contributed by atoms with Crippen LogP contribution in [0.15, 0.2) is 29.2 Å². The van der Waals surface area contributed by atoms with Crippen molar-refractivity contribution in [3.8, 4) is 0 Å². The van der Waals surface area contributed by atoms with Crippen LogP contribution >= 0.6 is 0 Å². The lowest BCUT2D eigenvalue weighted by Gasteiger charge is -2.31. The minimum atomic E-state index is -3.81. The second-order valence-electron chi connectivity index (χ2n) is 4.73. The van der Waals surface area contributed by atoms with Gasteiger partial charge >= 0.3 is 0 Å². The molecule has 0 aromatic heterocycles. The van der Waals surface area contributed by atoms with E-state index in [0.717, 1.165) is 5.56 Å². The molecule has 1 aromatic carbocycles. The van der Waals surface area contributed by atoms with Gasteiger partial charge in [-0.15, -0.1) is 0 Å². The van der Waals surface area contributed by atoms with Gasteiger partial charge in [0, 0.05) is 7.05 Å².